The van der Waals surface area contributed by atoms with E-state index in [0.717, 1.165) is 19.2 Å². The van der Waals surface area contributed by atoms with E-state index in [2.05, 4.69) is 47.4 Å². The van der Waals surface area contributed by atoms with E-state index in [9.17, 15) is 13.2 Å². The molecule has 0 N–H and O–H groups in total. The monoisotopic (exact) mass is 421 g/mol. The Bertz CT molecular complexity index is 1240. The number of fused-ring (bicyclic) bond motifs is 3. The van der Waals surface area contributed by atoms with Gasteiger partial charge in [-0.05, 0) is 36.1 Å². The number of hydrogen-bond donors (Lipinski definition) is 0. The molecular weight excluding hydrogens is 398 g/mol. The minimum absolute atomic E-state index is 0.0267. The normalized spacial score (nSPS) is 33.8. The van der Waals surface area contributed by atoms with Gasteiger partial charge in [0.05, 0.1) is 6.26 Å². The molecule has 0 aromatic heterocycles. The van der Waals surface area contributed by atoms with E-state index in [0.29, 0.717) is 17.6 Å². The standard InChI is InChI=1S/C24H23NO4S/c1-15(29-30(2,27)28)20(26)17-7-5-8-18(14-17)23-12-13-25-21-19-9-4-3-6-16(19)10-11-24(21,23)22(23)25/h3-11,14-15,21-22H,12-13H2,1-2H3. The fourth-order valence-electron chi connectivity index (χ4n) is 6.72. The molecule has 2 aliphatic heterocycles. The highest BCUT2D eigenvalue weighted by Crippen LogP contribution is 2.87. The number of Topliss-reactive ketones (excluding diaryl/α,β-unsaturated/α-hetero) is 1. The lowest BCUT2D eigenvalue weighted by Crippen LogP contribution is -2.51. The van der Waals surface area contributed by atoms with Gasteiger partial charge in [-0.15, -0.1) is 0 Å². The van der Waals surface area contributed by atoms with Crippen molar-refractivity contribution >= 4 is 22.0 Å². The van der Waals surface area contributed by atoms with Gasteiger partial charge in [0.2, 0.25) is 0 Å². The summed E-state index contributed by atoms with van der Waals surface area (Å²) in [5.74, 6) is -0.305. The number of piperidine rings is 2. The fourth-order valence-corrected chi connectivity index (χ4v) is 7.33. The predicted molar refractivity (Wildman–Crippen MR) is 114 cm³/mol. The summed E-state index contributed by atoms with van der Waals surface area (Å²) >= 11 is 0. The van der Waals surface area contributed by atoms with Crippen LogP contribution in [0.25, 0.3) is 6.08 Å². The van der Waals surface area contributed by atoms with E-state index >= 15 is 0 Å². The molecule has 2 heterocycles. The Labute approximate surface area is 176 Å². The van der Waals surface area contributed by atoms with Crippen molar-refractivity contribution in [2.75, 3.05) is 12.8 Å². The number of carbonyl (C=O) groups is 1. The molecule has 4 aliphatic rings. The summed E-state index contributed by atoms with van der Waals surface area (Å²) in [5, 5.41) is 0. The number of nitrogens with zero attached hydrogens (tertiary/aromatic N) is 1. The first-order chi connectivity index (χ1) is 14.3. The third kappa shape index (κ3) is 2.09. The van der Waals surface area contributed by atoms with Crippen LogP contribution < -0.4 is 0 Å². The lowest BCUT2D eigenvalue weighted by molar-refractivity contribution is 0.0278. The Morgan fingerprint density at radius 1 is 1.20 bits per heavy atom. The highest BCUT2D eigenvalue weighted by atomic mass is 32.2. The van der Waals surface area contributed by atoms with Crippen molar-refractivity contribution in [2.45, 2.75) is 36.9 Å². The van der Waals surface area contributed by atoms with E-state index in [1.165, 1.54) is 23.6 Å². The minimum Gasteiger partial charge on any atom is -0.291 e. The molecule has 5 unspecified atom stereocenters. The van der Waals surface area contributed by atoms with Crippen LogP contribution in [0.1, 0.15) is 46.4 Å². The van der Waals surface area contributed by atoms with Crippen LogP contribution in [0.15, 0.2) is 54.6 Å². The fraction of sp³-hybridized carbons (Fsp3) is 0.375. The zero-order valence-electron chi connectivity index (χ0n) is 16.9. The molecule has 2 aromatic rings. The van der Waals surface area contributed by atoms with Crippen LogP contribution in [0.4, 0.5) is 0 Å². The molecule has 2 aliphatic carbocycles. The number of rotatable bonds is 5. The first-order valence-electron chi connectivity index (χ1n) is 10.4. The van der Waals surface area contributed by atoms with Crippen LogP contribution in [-0.2, 0) is 19.7 Å². The lowest BCUT2D eigenvalue weighted by atomic mass is 9.69. The Morgan fingerprint density at radius 2 is 2.00 bits per heavy atom. The Hall–Kier alpha value is -2.28. The molecule has 1 spiro atoms. The van der Waals surface area contributed by atoms with Gasteiger partial charge < -0.3 is 0 Å². The number of benzene rings is 2. The summed E-state index contributed by atoms with van der Waals surface area (Å²) in [6.45, 7) is 2.55. The maximum atomic E-state index is 12.8. The SMILES string of the molecule is CC(OS(C)(=O)=O)C(=O)c1cccc(C23CCN4C5c6ccccc6C=CC52C43)c1. The van der Waals surface area contributed by atoms with E-state index < -0.39 is 16.2 Å². The molecule has 30 heavy (non-hydrogen) atoms. The second kappa shape index (κ2) is 5.69. The average Bonchev–Trinajstić information content (AvgIpc) is 3.00. The first kappa shape index (κ1) is 18.5. The zero-order valence-corrected chi connectivity index (χ0v) is 17.7. The van der Waals surface area contributed by atoms with Crippen molar-refractivity contribution in [3.8, 4) is 0 Å². The molecule has 3 fully saturated rings. The van der Waals surface area contributed by atoms with Crippen LogP contribution in [0.2, 0.25) is 0 Å². The summed E-state index contributed by atoms with van der Waals surface area (Å²) in [7, 11) is -3.69. The second-order valence-electron chi connectivity index (χ2n) is 9.05. The summed E-state index contributed by atoms with van der Waals surface area (Å²) in [5.41, 5.74) is 4.53. The molecule has 6 heteroatoms. The lowest BCUT2D eigenvalue weighted by Gasteiger charge is -2.50. The third-order valence-corrected chi connectivity index (χ3v) is 8.31. The van der Waals surface area contributed by atoms with Gasteiger partial charge in [0.25, 0.3) is 10.1 Å². The minimum atomic E-state index is -3.69. The maximum absolute atomic E-state index is 12.8. The quantitative estimate of drug-likeness (QED) is 0.547. The largest absolute Gasteiger partial charge is 0.291 e. The highest BCUT2D eigenvalue weighted by molar-refractivity contribution is 7.86. The van der Waals surface area contributed by atoms with Crippen molar-refractivity contribution in [2.24, 2.45) is 5.41 Å². The molecule has 1 saturated carbocycles. The van der Waals surface area contributed by atoms with Gasteiger partial charge >= 0.3 is 0 Å². The van der Waals surface area contributed by atoms with Gasteiger partial charge in [0.15, 0.2) is 5.78 Å². The van der Waals surface area contributed by atoms with Gasteiger partial charge in [-0.1, -0.05) is 54.6 Å². The average molecular weight is 422 g/mol. The van der Waals surface area contributed by atoms with Gasteiger partial charge in [-0.3, -0.25) is 13.9 Å². The van der Waals surface area contributed by atoms with Crippen molar-refractivity contribution in [1.29, 1.82) is 0 Å². The molecule has 0 bridgehead atoms. The highest BCUT2D eigenvalue weighted by Gasteiger charge is 2.91. The van der Waals surface area contributed by atoms with Gasteiger partial charge in [0, 0.05) is 35.0 Å². The number of hydrogen-bond acceptors (Lipinski definition) is 5. The second-order valence-corrected chi connectivity index (χ2v) is 10.6. The summed E-state index contributed by atoms with van der Waals surface area (Å²) in [4.78, 5) is 15.4. The molecule has 0 radical (unpaired) electrons. The molecule has 5 nitrogen and oxygen atoms in total. The number of carbonyl (C=O) groups excluding carboxylic acids is 1. The van der Waals surface area contributed by atoms with E-state index in [1.807, 2.05) is 12.1 Å². The van der Waals surface area contributed by atoms with Gasteiger partial charge in [0.1, 0.15) is 6.10 Å². The van der Waals surface area contributed by atoms with Crippen molar-refractivity contribution < 1.29 is 17.4 Å². The summed E-state index contributed by atoms with van der Waals surface area (Å²) < 4.78 is 27.8. The van der Waals surface area contributed by atoms with Gasteiger partial charge in [-0.25, -0.2) is 0 Å². The maximum Gasteiger partial charge on any atom is 0.265 e. The third-order valence-electron chi connectivity index (χ3n) is 7.67. The Balaban J connectivity index is 1.37. The van der Waals surface area contributed by atoms with Crippen molar-refractivity contribution in [1.82, 2.24) is 4.90 Å². The topological polar surface area (TPSA) is 63.7 Å². The van der Waals surface area contributed by atoms with Crippen molar-refractivity contribution in [3.63, 3.8) is 0 Å². The van der Waals surface area contributed by atoms with E-state index in [4.69, 9.17) is 4.18 Å². The van der Waals surface area contributed by atoms with Gasteiger partial charge in [-0.2, -0.15) is 8.42 Å². The smallest absolute Gasteiger partial charge is 0.265 e. The van der Waals surface area contributed by atoms with Crippen LogP contribution in [-0.4, -0.2) is 44.0 Å². The summed E-state index contributed by atoms with van der Waals surface area (Å²) in [6, 6.07) is 17.3. The molecule has 5 atom stereocenters. The van der Waals surface area contributed by atoms with Crippen molar-refractivity contribution in [3.05, 3.63) is 76.9 Å². The first-order valence-corrected chi connectivity index (χ1v) is 12.2. The molecule has 0 amide bonds. The van der Waals surface area contributed by atoms with Crippen LogP contribution >= 0.6 is 0 Å². The molecule has 2 saturated heterocycles. The van der Waals surface area contributed by atoms with Crippen LogP contribution in [0.5, 0.6) is 0 Å². The van der Waals surface area contributed by atoms with E-state index in [-0.39, 0.29) is 16.6 Å². The van der Waals surface area contributed by atoms with Crippen LogP contribution in [0, 0.1) is 5.41 Å². The van der Waals surface area contributed by atoms with Crippen LogP contribution in [0.3, 0.4) is 0 Å². The predicted octanol–water partition coefficient (Wildman–Crippen LogP) is 3.33. The Kier molecular flexibility index (Phi) is 3.51. The Morgan fingerprint density at radius 3 is 2.80 bits per heavy atom. The molecule has 154 valence electrons. The number of ketones is 1. The molecule has 6 rings (SSSR count). The molecular formula is C24H23NO4S. The van der Waals surface area contributed by atoms with E-state index in [1.54, 1.807) is 6.07 Å². The summed E-state index contributed by atoms with van der Waals surface area (Å²) in [6.07, 6.45) is 5.68. The zero-order chi connectivity index (χ0) is 20.9. The molecule has 2 aromatic carbocycles.